The van der Waals surface area contributed by atoms with Gasteiger partial charge in [-0.2, -0.15) is 0 Å². The molecule has 3 aromatic heterocycles. The van der Waals surface area contributed by atoms with Gasteiger partial charge in [0.05, 0.1) is 23.2 Å². The molecule has 12 rings (SSSR count). The minimum atomic E-state index is 0.808. The maximum absolute atomic E-state index is 5.31. The van der Waals surface area contributed by atoms with Crippen molar-refractivity contribution in [1.29, 1.82) is 0 Å². The van der Waals surface area contributed by atoms with Crippen molar-refractivity contribution in [1.82, 2.24) is 24.0 Å². The van der Waals surface area contributed by atoms with Crippen LogP contribution in [0.15, 0.2) is 170 Å². The second kappa shape index (κ2) is 12.5. The summed E-state index contributed by atoms with van der Waals surface area (Å²) in [7, 11) is 4.22. The van der Waals surface area contributed by atoms with E-state index in [-0.39, 0.29) is 0 Å². The third kappa shape index (κ3) is 5.04. The van der Waals surface area contributed by atoms with Gasteiger partial charge in [0.2, 0.25) is 0 Å². The lowest BCUT2D eigenvalue weighted by Gasteiger charge is -2.19. The van der Waals surface area contributed by atoms with E-state index in [0.29, 0.717) is 0 Å². The Morgan fingerprint density at radius 3 is 2.22 bits per heavy atom. The van der Waals surface area contributed by atoms with Crippen molar-refractivity contribution < 1.29 is 0 Å². The minimum absolute atomic E-state index is 0.808. The third-order valence-electron chi connectivity index (χ3n) is 12.3. The highest BCUT2D eigenvalue weighted by atomic mass is 15.3. The number of rotatable bonds is 5. The Labute approximate surface area is 336 Å². The number of pyridine rings is 1. The molecule has 0 radical (unpaired) electrons. The molecule has 0 fully saturated rings. The number of benzene rings is 7. The molecule has 6 nitrogen and oxygen atoms in total. The van der Waals surface area contributed by atoms with Crippen molar-refractivity contribution >= 4 is 49.4 Å². The molecule has 10 aromatic rings. The van der Waals surface area contributed by atoms with Crippen LogP contribution >= 0.6 is 0 Å². The Kier molecular flexibility index (Phi) is 7.08. The quantitative estimate of drug-likeness (QED) is 0.176. The highest BCUT2D eigenvalue weighted by Gasteiger charge is 2.21. The van der Waals surface area contributed by atoms with Crippen molar-refractivity contribution in [2.45, 2.75) is 6.42 Å². The van der Waals surface area contributed by atoms with Gasteiger partial charge in [-0.05, 0) is 98.6 Å². The van der Waals surface area contributed by atoms with Gasteiger partial charge < -0.3 is 14.4 Å². The lowest BCUT2D eigenvalue weighted by molar-refractivity contribution is 0.496. The van der Waals surface area contributed by atoms with Crippen molar-refractivity contribution in [3.05, 3.63) is 181 Å². The first-order chi connectivity index (χ1) is 28.5. The first-order valence-electron chi connectivity index (χ1n) is 19.9. The van der Waals surface area contributed by atoms with Crippen LogP contribution in [0.25, 0.3) is 94.2 Å². The van der Waals surface area contributed by atoms with Crippen LogP contribution in [0.4, 0.5) is 5.69 Å². The first-order valence-corrected chi connectivity index (χ1v) is 19.9. The monoisotopic (exact) mass is 746 g/mol. The van der Waals surface area contributed by atoms with Crippen LogP contribution in [0.2, 0.25) is 0 Å². The zero-order valence-corrected chi connectivity index (χ0v) is 32.3. The number of hydrogen-bond acceptors (Lipinski definition) is 4. The predicted molar refractivity (Wildman–Crippen MR) is 239 cm³/mol. The summed E-state index contributed by atoms with van der Waals surface area (Å²) in [6.45, 7) is 0.808. The van der Waals surface area contributed by atoms with Crippen molar-refractivity contribution in [2.75, 3.05) is 18.6 Å². The molecule has 0 saturated heterocycles. The van der Waals surface area contributed by atoms with E-state index in [9.17, 15) is 0 Å². The fourth-order valence-electron chi connectivity index (χ4n) is 9.39. The van der Waals surface area contributed by atoms with Gasteiger partial charge >= 0.3 is 0 Å². The highest BCUT2D eigenvalue weighted by molar-refractivity contribution is 6.11. The summed E-state index contributed by atoms with van der Waals surface area (Å²) in [5.74, 6) is 0.929. The summed E-state index contributed by atoms with van der Waals surface area (Å²) in [6, 6.07) is 55.3. The number of nitrogens with zero attached hydrogens (tertiary/aromatic N) is 6. The average Bonchev–Trinajstić information content (AvgIpc) is 4.04. The van der Waals surface area contributed by atoms with Gasteiger partial charge in [-0.25, -0.2) is 9.97 Å². The van der Waals surface area contributed by atoms with Gasteiger partial charge in [0.1, 0.15) is 11.5 Å². The Morgan fingerprint density at radius 2 is 1.29 bits per heavy atom. The Morgan fingerprint density at radius 1 is 0.517 bits per heavy atom. The number of aryl methyl sites for hydroxylation is 1. The molecule has 2 aliphatic rings. The highest BCUT2D eigenvalue weighted by Crippen LogP contribution is 2.41. The fraction of sp³-hybridized carbons (Fsp3) is 0.0769. The van der Waals surface area contributed by atoms with Gasteiger partial charge in [-0.1, -0.05) is 109 Å². The van der Waals surface area contributed by atoms with Gasteiger partial charge in [0, 0.05) is 66.0 Å². The summed E-state index contributed by atoms with van der Waals surface area (Å²) in [5, 5.41) is 4.71. The van der Waals surface area contributed by atoms with Gasteiger partial charge in [0.25, 0.3) is 0 Å². The molecule has 276 valence electrons. The molecule has 0 bridgehead atoms. The summed E-state index contributed by atoms with van der Waals surface area (Å²) in [4.78, 5) is 15.0. The standard InChI is InChI=1S/C52H38N6/c1-55-23-24-57(32-55)40-12-8-13-41(30-40)58-50-29-37(18-21-46(50)47-27-39(31-53-52(47)58)44-16-7-11-33-9-3-5-14-42(33)44)51-54-48-28-35(19-22-49(48)56(51)2)34-17-20-45-38(25-34)26-36-10-4-6-15-43(36)45/h3-25,27-31H,26,32H2,1-2H3. The smallest absolute Gasteiger partial charge is 0.145 e. The first kappa shape index (κ1) is 32.8. The van der Waals surface area contributed by atoms with Crippen LogP contribution in [0.3, 0.4) is 0 Å². The maximum atomic E-state index is 5.31. The molecule has 0 atom stereocenters. The summed E-state index contributed by atoms with van der Waals surface area (Å²) >= 11 is 0. The SMILES string of the molecule is CN1C=CN(c2cccc(-n3c4cc(-c5nc6cc(-c7ccc8c(c7)Cc7ccccc7-8)ccc6n5C)ccc4c4cc(-c5cccc6ccccc56)cnc43)c2)C1. The van der Waals surface area contributed by atoms with Crippen LogP contribution in [0.1, 0.15) is 11.1 Å². The second-order valence-electron chi connectivity index (χ2n) is 15.8. The second-order valence-corrected chi connectivity index (χ2v) is 15.8. The predicted octanol–water partition coefficient (Wildman–Crippen LogP) is 12.0. The molecule has 1 aliphatic heterocycles. The van der Waals surface area contributed by atoms with Crippen LogP contribution < -0.4 is 4.90 Å². The van der Waals surface area contributed by atoms with Crippen LogP contribution in [0.5, 0.6) is 0 Å². The summed E-state index contributed by atoms with van der Waals surface area (Å²) < 4.78 is 4.54. The largest absolute Gasteiger partial charge is 0.361 e. The maximum Gasteiger partial charge on any atom is 0.145 e. The summed E-state index contributed by atoms with van der Waals surface area (Å²) in [5.41, 5.74) is 17.5. The molecule has 0 spiro atoms. The Bertz CT molecular complexity index is 3340. The number of fused-ring (bicyclic) bond motifs is 8. The molecule has 0 saturated carbocycles. The van der Waals surface area contributed by atoms with Crippen molar-refractivity contribution in [2.24, 2.45) is 7.05 Å². The van der Waals surface area contributed by atoms with E-state index in [1.165, 1.54) is 49.7 Å². The Hall–Kier alpha value is -7.44. The number of hydrogen-bond donors (Lipinski definition) is 0. The van der Waals surface area contributed by atoms with Crippen LogP contribution in [0, 0.1) is 0 Å². The van der Waals surface area contributed by atoms with Gasteiger partial charge in [-0.3, -0.25) is 4.57 Å². The molecule has 0 N–H and O–H groups in total. The minimum Gasteiger partial charge on any atom is -0.361 e. The lowest BCUT2D eigenvalue weighted by atomic mass is 9.98. The van der Waals surface area contributed by atoms with E-state index in [4.69, 9.17) is 9.97 Å². The molecule has 7 aromatic carbocycles. The van der Waals surface area contributed by atoms with Crippen LogP contribution in [-0.4, -0.2) is 37.7 Å². The molecule has 1 aliphatic carbocycles. The molecule has 4 heterocycles. The van der Waals surface area contributed by atoms with Crippen LogP contribution in [-0.2, 0) is 13.5 Å². The van der Waals surface area contributed by atoms with E-state index in [1.807, 2.05) is 6.20 Å². The number of imidazole rings is 1. The zero-order chi connectivity index (χ0) is 38.5. The van der Waals surface area contributed by atoms with Gasteiger partial charge in [0.15, 0.2) is 0 Å². The molecular weight excluding hydrogens is 709 g/mol. The van der Waals surface area contributed by atoms with Gasteiger partial charge in [-0.15, -0.1) is 0 Å². The third-order valence-corrected chi connectivity index (χ3v) is 12.3. The fourth-order valence-corrected chi connectivity index (χ4v) is 9.39. The van der Waals surface area contributed by atoms with Crippen molar-refractivity contribution in [3.63, 3.8) is 0 Å². The molecule has 58 heavy (non-hydrogen) atoms. The normalized spacial score (nSPS) is 13.4. The Balaban J connectivity index is 1.000. The van der Waals surface area contributed by atoms with Crippen molar-refractivity contribution in [3.8, 4) is 50.5 Å². The topological polar surface area (TPSA) is 42.1 Å². The van der Waals surface area contributed by atoms with E-state index in [2.05, 4.69) is 197 Å². The number of anilines is 1. The summed E-state index contributed by atoms with van der Waals surface area (Å²) in [6.07, 6.45) is 7.26. The number of aromatic nitrogens is 4. The van der Waals surface area contributed by atoms with E-state index in [1.54, 1.807) is 0 Å². The van der Waals surface area contributed by atoms with E-state index in [0.717, 1.165) is 74.4 Å². The van der Waals surface area contributed by atoms with E-state index < -0.39 is 0 Å². The zero-order valence-electron chi connectivity index (χ0n) is 32.3. The molecule has 6 heteroatoms. The van der Waals surface area contributed by atoms with E-state index >= 15 is 0 Å². The average molecular weight is 747 g/mol. The lowest BCUT2D eigenvalue weighted by Crippen LogP contribution is -2.21. The molecule has 0 amide bonds. The molecular formula is C52H38N6. The molecule has 0 unspecified atom stereocenters.